The van der Waals surface area contributed by atoms with E-state index in [1.165, 1.54) is 4.90 Å². The predicted octanol–water partition coefficient (Wildman–Crippen LogP) is 2.48. The fourth-order valence-corrected chi connectivity index (χ4v) is 2.12. The van der Waals surface area contributed by atoms with Gasteiger partial charge in [0.25, 0.3) is 5.91 Å². The Morgan fingerprint density at radius 3 is 2.75 bits per heavy atom. The average molecular weight is 283 g/mol. The van der Waals surface area contributed by atoms with Gasteiger partial charge in [-0.1, -0.05) is 0 Å². The molecule has 1 aromatic rings. The standard InChI is InChI=1S/C13H12F3N3O/c14-13(15,16)10-3-4-11(18-7-10)12(20)19-5-1-2-9(6-17)8-19/h3-4,7,9H,1-2,5,8H2. The molecule has 2 heterocycles. The van der Waals surface area contributed by atoms with E-state index in [0.717, 1.165) is 18.6 Å². The molecular weight excluding hydrogens is 271 g/mol. The minimum Gasteiger partial charge on any atom is -0.336 e. The molecule has 106 valence electrons. The Bertz CT molecular complexity index is 533. The van der Waals surface area contributed by atoms with Crippen LogP contribution in [0.2, 0.25) is 0 Å². The Labute approximate surface area is 113 Å². The van der Waals surface area contributed by atoms with E-state index in [1.807, 2.05) is 0 Å². The number of likely N-dealkylation sites (tertiary alicyclic amines) is 1. The molecule has 0 bridgehead atoms. The van der Waals surface area contributed by atoms with Crippen molar-refractivity contribution in [3.05, 3.63) is 29.6 Å². The van der Waals surface area contributed by atoms with Crippen molar-refractivity contribution in [3.63, 3.8) is 0 Å². The SMILES string of the molecule is N#CC1CCCN(C(=O)c2ccc(C(F)(F)F)cn2)C1. The number of nitrogens with zero attached hydrogens (tertiary/aromatic N) is 3. The predicted molar refractivity (Wildman–Crippen MR) is 63.5 cm³/mol. The van der Waals surface area contributed by atoms with Gasteiger partial charge < -0.3 is 4.90 Å². The molecule has 1 aliphatic rings. The summed E-state index contributed by atoms with van der Waals surface area (Å²) in [4.78, 5) is 17.1. The summed E-state index contributed by atoms with van der Waals surface area (Å²) in [6, 6.07) is 4.02. The van der Waals surface area contributed by atoms with Gasteiger partial charge in [0.15, 0.2) is 0 Å². The number of carbonyl (C=O) groups excluding carboxylic acids is 1. The van der Waals surface area contributed by atoms with Gasteiger partial charge in [-0.3, -0.25) is 9.78 Å². The molecule has 1 aromatic heterocycles. The van der Waals surface area contributed by atoms with Crippen LogP contribution in [-0.4, -0.2) is 28.9 Å². The van der Waals surface area contributed by atoms with Crippen LogP contribution in [0.4, 0.5) is 13.2 Å². The van der Waals surface area contributed by atoms with Crippen molar-refractivity contribution >= 4 is 5.91 Å². The number of alkyl halides is 3. The van der Waals surface area contributed by atoms with Crippen molar-refractivity contribution in [2.45, 2.75) is 19.0 Å². The molecule has 0 N–H and O–H groups in total. The molecule has 20 heavy (non-hydrogen) atoms. The van der Waals surface area contributed by atoms with Crippen molar-refractivity contribution in [1.29, 1.82) is 5.26 Å². The van der Waals surface area contributed by atoms with E-state index in [2.05, 4.69) is 11.1 Å². The lowest BCUT2D eigenvalue weighted by molar-refractivity contribution is -0.137. The van der Waals surface area contributed by atoms with E-state index in [9.17, 15) is 18.0 Å². The third kappa shape index (κ3) is 3.07. The molecule has 0 saturated carbocycles. The second-order valence-corrected chi connectivity index (χ2v) is 4.65. The Morgan fingerprint density at radius 2 is 2.20 bits per heavy atom. The summed E-state index contributed by atoms with van der Waals surface area (Å²) in [5.41, 5.74) is -0.917. The van der Waals surface area contributed by atoms with Crippen LogP contribution in [-0.2, 0) is 6.18 Å². The van der Waals surface area contributed by atoms with Gasteiger partial charge >= 0.3 is 6.18 Å². The average Bonchev–Trinajstić information content (AvgIpc) is 2.46. The third-order valence-corrected chi connectivity index (χ3v) is 3.20. The molecule has 1 fully saturated rings. The number of hydrogen-bond donors (Lipinski definition) is 0. The Kier molecular flexibility index (Phi) is 3.93. The summed E-state index contributed by atoms with van der Waals surface area (Å²) in [6.45, 7) is 0.803. The molecule has 0 radical (unpaired) electrons. The molecule has 1 saturated heterocycles. The second kappa shape index (κ2) is 5.49. The van der Waals surface area contributed by atoms with Crippen molar-refractivity contribution in [3.8, 4) is 6.07 Å². The van der Waals surface area contributed by atoms with Crippen molar-refractivity contribution in [1.82, 2.24) is 9.88 Å². The Hall–Kier alpha value is -2.10. The third-order valence-electron chi connectivity index (χ3n) is 3.20. The highest BCUT2D eigenvalue weighted by atomic mass is 19.4. The molecule has 1 unspecified atom stereocenters. The van der Waals surface area contributed by atoms with Crippen LogP contribution < -0.4 is 0 Å². The highest BCUT2D eigenvalue weighted by molar-refractivity contribution is 5.92. The molecular formula is C13H12F3N3O. The van der Waals surface area contributed by atoms with E-state index in [4.69, 9.17) is 5.26 Å². The maximum absolute atomic E-state index is 12.4. The molecule has 1 atom stereocenters. The van der Waals surface area contributed by atoms with Gasteiger partial charge in [-0.15, -0.1) is 0 Å². The van der Waals surface area contributed by atoms with Crippen LogP contribution >= 0.6 is 0 Å². The smallest absolute Gasteiger partial charge is 0.336 e. The van der Waals surface area contributed by atoms with Crippen LogP contribution in [0.5, 0.6) is 0 Å². The zero-order valence-corrected chi connectivity index (χ0v) is 10.5. The Morgan fingerprint density at radius 1 is 1.45 bits per heavy atom. The van der Waals surface area contributed by atoms with Gasteiger partial charge in [0.1, 0.15) is 5.69 Å². The fourth-order valence-electron chi connectivity index (χ4n) is 2.12. The first-order valence-corrected chi connectivity index (χ1v) is 6.14. The lowest BCUT2D eigenvalue weighted by atomic mass is 9.99. The van der Waals surface area contributed by atoms with E-state index < -0.39 is 17.6 Å². The van der Waals surface area contributed by atoms with Gasteiger partial charge in [-0.2, -0.15) is 18.4 Å². The van der Waals surface area contributed by atoms with Crippen molar-refractivity contribution in [2.75, 3.05) is 13.1 Å². The number of hydrogen-bond acceptors (Lipinski definition) is 3. The number of piperidine rings is 1. The molecule has 4 nitrogen and oxygen atoms in total. The highest BCUT2D eigenvalue weighted by Crippen LogP contribution is 2.28. The number of halogens is 3. The number of nitriles is 1. The van der Waals surface area contributed by atoms with Gasteiger partial charge in [-0.25, -0.2) is 0 Å². The lowest BCUT2D eigenvalue weighted by Gasteiger charge is -2.29. The van der Waals surface area contributed by atoms with Crippen LogP contribution in [0.3, 0.4) is 0 Å². The molecule has 1 amide bonds. The van der Waals surface area contributed by atoms with Gasteiger partial charge in [-0.05, 0) is 25.0 Å². The molecule has 1 aliphatic heterocycles. The summed E-state index contributed by atoms with van der Waals surface area (Å²) in [5.74, 6) is -0.652. The first-order chi connectivity index (χ1) is 9.41. The Balaban J connectivity index is 2.12. The van der Waals surface area contributed by atoms with E-state index >= 15 is 0 Å². The van der Waals surface area contributed by atoms with E-state index in [1.54, 1.807) is 0 Å². The topological polar surface area (TPSA) is 57.0 Å². The molecule has 0 aromatic carbocycles. The zero-order valence-electron chi connectivity index (χ0n) is 10.5. The summed E-state index contributed by atoms with van der Waals surface area (Å²) >= 11 is 0. The number of amides is 1. The summed E-state index contributed by atoms with van der Waals surface area (Å²) < 4.78 is 37.2. The van der Waals surface area contributed by atoms with Crippen molar-refractivity contribution < 1.29 is 18.0 Å². The monoisotopic (exact) mass is 283 g/mol. The van der Waals surface area contributed by atoms with Crippen LogP contribution in [0.1, 0.15) is 28.9 Å². The maximum Gasteiger partial charge on any atom is 0.417 e. The van der Waals surface area contributed by atoms with Gasteiger partial charge in [0.05, 0.1) is 17.6 Å². The fraction of sp³-hybridized carbons (Fsp3) is 0.462. The van der Waals surface area contributed by atoms with E-state index in [0.29, 0.717) is 25.7 Å². The number of rotatable bonds is 1. The van der Waals surface area contributed by atoms with Crippen LogP contribution in [0.25, 0.3) is 0 Å². The minimum atomic E-state index is -4.47. The minimum absolute atomic E-state index is 0.0309. The van der Waals surface area contributed by atoms with Gasteiger partial charge in [0, 0.05) is 19.3 Å². The molecule has 0 spiro atoms. The number of aromatic nitrogens is 1. The van der Waals surface area contributed by atoms with Gasteiger partial charge in [0.2, 0.25) is 0 Å². The highest BCUT2D eigenvalue weighted by Gasteiger charge is 2.31. The molecule has 7 heteroatoms. The second-order valence-electron chi connectivity index (χ2n) is 4.65. The summed E-state index contributed by atoms with van der Waals surface area (Å²) in [7, 11) is 0. The quantitative estimate of drug-likeness (QED) is 0.795. The van der Waals surface area contributed by atoms with Crippen molar-refractivity contribution in [2.24, 2.45) is 5.92 Å². The van der Waals surface area contributed by atoms with Crippen LogP contribution in [0.15, 0.2) is 18.3 Å². The lowest BCUT2D eigenvalue weighted by Crippen LogP contribution is -2.39. The number of pyridine rings is 1. The zero-order chi connectivity index (χ0) is 14.8. The summed E-state index contributed by atoms with van der Waals surface area (Å²) in [5, 5.41) is 8.86. The maximum atomic E-state index is 12.4. The summed E-state index contributed by atoms with van der Waals surface area (Å²) in [6.07, 6.45) is -2.37. The number of carbonyl (C=O) groups is 1. The first-order valence-electron chi connectivity index (χ1n) is 6.14. The van der Waals surface area contributed by atoms with E-state index in [-0.39, 0.29) is 11.6 Å². The molecule has 2 rings (SSSR count). The molecule has 0 aliphatic carbocycles. The normalized spacial score (nSPS) is 19.5. The van der Waals surface area contributed by atoms with Crippen LogP contribution in [0, 0.1) is 17.2 Å². The largest absolute Gasteiger partial charge is 0.417 e. The first kappa shape index (κ1) is 14.3.